The smallest absolute Gasteiger partial charge is 0.239 e. The number of carbonyl (C=O) groups excluding carboxylic acids is 2. The predicted octanol–water partition coefficient (Wildman–Crippen LogP) is 1.90. The number of ether oxygens (including phenoxy) is 1. The average Bonchev–Trinajstić information content (AvgIpc) is 3.05. The molecule has 1 aromatic carbocycles. The van der Waals surface area contributed by atoms with Crippen molar-refractivity contribution in [2.75, 3.05) is 20.2 Å². The number of nitrogens with zero attached hydrogens (tertiary/aromatic N) is 3. The van der Waals surface area contributed by atoms with Gasteiger partial charge < -0.3 is 15.0 Å². The number of hydrogen-bond acceptors (Lipinski definition) is 4. The molecular formula is C19H24N4O3. The SMILES string of the molecule is COc1ccc(-n2ccc(CNC(=O)CN3CCCCCC3=O)n2)cc1. The highest BCUT2D eigenvalue weighted by Crippen LogP contribution is 2.14. The summed E-state index contributed by atoms with van der Waals surface area (Å²) in [4.78, 5) is 25.7. The van der Waals surface area contributed by atoms with E-state index < -0.39 is 0 Å². The summed E-state index contributed by atoms with van der Waals surface area (Å²) in [6.07, 6.45) is 5.32. The minimum absolute atomic E-state index is 0.0708. The summed E-state index contributed by atoms with van der Waals surface area (Å²) >= 11 is 0. The van der Waals surface area contributed by atoms with Gasteiger partial charge >= 0.3 is 0 Å². The summed E-state index contributed by atoms with van der Waals surface area (Å²) in [5, 5.41) is 7.31. The van der Waals surface area contributed by atoms with E-state index in [0.717, 1.165) is 36.4 Å². The Balaban J connectivity index is 1.52. The zero-order valence-corrected chi connectivity index (χ0v) is 15.0. The van der Waals surface area contributed by atoms with Crippen LogP contribution in [0.15, 0.2) is 36.5 Å². The van der Waals surface area contributed by atoms with Crippen LogP contribution in [0.25, 0.3) is 5.69 Å². The van der Waals surface area contributed by atoms with Gasteiger partial charge in [0.05, 0.1) is 31.6 Å². The van der Waals surface area contributed by atoms with Crippen molar-refractivity contribution in [2.24, 2.45) is 0 Å². The van der Waals surface area contributed by atoms with Gasteiger partial charge in [0.15, 0.2) is 0 Å². The molecule has 7 nitrogen and oxygen atoms in total. The average molecular weight is 356 g/mol. The molecule has 1 N–H and O–H groups in total. The van der Waals surface area contributed by atoms with E-state index >= 15 is 0 Å². The molecule has 0 saturated carbocycles. The fourth-order valence-electron chi connectivity index (χ4n) is 2.96. The molecule has 2 aromatic rings. The van der Waals surface area contributed by atoms with Crippen LogP contribution < -0.4 is 10.1 Å². The van der Waals surface area contributed by atoms with E-state index in [9.17, 15) is 9.59 Å². The van der Waals surface area contributed by atoms with Crippen LogP contribution in [-0.4, -0.2) is 46.7 Å². The molecule has 26 heavy (non-hydrogen) atoms. The van der Waals surface area contributed by atoms with Crippen LogP contribution in [-0.2, 0) is 16.1 Å². The summed E-state index contributed by atoms with van der Waals surface area (Å²) in [7, 11) is 1.63. The lowest BCUT2D eigenvalue weighted by Crippen LogP contribution is -2.40. The zero-order valence-electron chi connectivity index (χ0n) is 15.0. The van der Waals surface area contributed by atoms with E-state index in [1.54, 1.807) is 16.7 Å². The lowest BCUT2D eigenvalue weighted by atomic mass is 10.2. The Hall–Kier alpha value is -2.83. The van der Waals surface area contributed by atoms with E-state index in [1.807, 2.05) is 36.5 Å². The Morgan fingerprint density at radius 1 is 1.19 bits per heavy atom. The topological polar surface area (TPSA) is 76.5 Å². The van der Waals surface area contributed by atoms with Crippen LogP contribution in [0.3, 0.4) is 0 Å². The highest BCUT2D eigenvalue weighted by Gasteiger charge is 2.19. The van der Waals surface area contributed by atoms with Crippen molar-refractivity contribution in [1.29, 1.82) is 0 Å². The van der Waals surface area contributed by atoms with Crippen molar-refractivity contribution in [3.05, 3.63) is 42.2 Å². The lowest BCUT2D eigenvalue weighted by molar-refractivity contribution is -0.135. The van der Waals surface area contributed by atoms with Crippen molar-refractivity contribution in [1.82, 2.24) is 20.0 Å². The van der Waals surface area contributed by atoms with Crippen LogP contribution in [0.5, 0.6) is 5.75 Å². The first-order valence-electron chi connectivity index (χ1n) is 8.89. The molecule has 0 unspecified atom stereocenters. The number of hydrogen-bond donors (Lipinski definition) is 1. The van der Waals surface area contributed by atoms with Gasteiger partial charge in [0.25, 0.3) is 0 Å². The molecule has 0 bridgehead atoms. The molecule has 3 rings (SSSR count). The van der Waals surface area contributed by atoms with Crippen molar-refractivity contribution in [3.63, 3.8) is 0 Å². The van der Waals surface area contributed by atoms with Gasteiger partial charge in [-0.05, 0) is 43.2 Å². The summed E-state index contributed by atoms with van der Waals surface area (Å²) in [5.74, 6) is 0.706. The maximum Gasteiger partial charge on any atom is 0.239 e. The monoisotopic (exact) mass is 356 g/mol. The largest absolute Gasteiger partial charge is 0.497 e. The third-order valence-corrected chi connectivity index (χ3v) is 4.45. The molecule has 1 saturated heterocycles. The van der Waals surface area contributed by atoms with E-state index in [0.29, 0.717) is 19.5 Å². The molecule has 138 valence electrons. The second-order valence-corrected chi connectivity index (χ2v) is 6.35. The van der Waals surface area contributed by atoms with Crippen LogP contribution in [0, 0.1) is 0 Å². The van der Waals surface area contributed by atoms with Gasteiger partial charge in [-0.1, -0.05) is 6.42 Å². The molecule has 0 spiro atoms. The number of rotatable bonds is 6. The van der Waals surface area contributed by atoms with Gasteiger partial charge in [-0.15, -0.1) is 0 Å². The Bertz CT molecular complexity index is 754. The zero-order chi connectivity index (χ0) is 18.4. The molecular weight excluding hydrogens is 332 g/mol. The Morgan fingerprint density at radius 2 is 2.00 bits per heavy atom. The minimum Gasteiger partial charge on any atom is -0.497 e. The number of nitrogens with one attached hydrogen (secondary N) is 1. The number of carbonyl (C=O) groups is 2. The van der Waals surface area contributed by atoms with Crippen molar-refractivity contribution in [2.45, 2.75) is 32.2 Å². The van der Waals surface area contributed by atoms with E-state index in [1.165, 1.54) is 0 Å². The molecule has 1 aromatic heterocycles. The van der Waals surface area contributed by atoms with Gasteiger partial charge in [0, 0.05) is 19.2 Å². The molecule has 2 heterocycles. The molecule has 2 amide bonds. The van der Waals surface area contributed by atoms with Crippen LogP contribution in [0.2, 0.25) is 0 Å². The number of aromatic nitrogens is 2. The Labute approximate surface area is 152 Å². The van der Waals surface area contributed by atoms with Crippen LogP contribution in [0.1, 0.15) is 31.4 Å². The first-order chi connectivity index (χ1) is 12.7. The van der Waals surface area contributed by atoms with Gasteiger partial charge in [-0.2, -0.15) is 5.10 Å². The minimum atomic E-state index is -0.153. The second kappa shape index (κ2) is 8.51. The Morgan fingerprint density at radius 3 is 2.77 bits per heavy atom. The summed E-state index contributed by atoms with van der Waals surface area (Å²) in [6, 6.07) is 9.44. The maximum atomic E-state index is 12.1. The molecule has 7 heteroatoms. The summed E-state index contributed by atoms with van der Waals surface area (Å²) in [5.41, 5.74) is 1.68. The molecule has 0 aliphatic carbocycles. The number of methoxy groups -OCH3 is 1. The van der Waals surface area contributed by atoms with Gasteiger partial charge in [0.2, 0.25) is 11.8 Å². The Kier molecular flexibility index (Phi) is 5.88. The first-order valence-corrected chi connectivity index (χ1v) is 8.89. The molecule has 1 aliphatic rings. The molecule has 0 radical (unpaired) electrons. The molecule has 1 aliphatic heterocycles. The van der Waals surface area contributed by atoms with Crippen LogP contribution in [0.4, 0.5) is 0 Å². The van der Waals surface area contributed by atoms with E-state index in [4.69, 9.17) is 4.74 Å². The van der Waals surface area contributed by atoms with Gasteiger partial charge in [-0.3, -0.25) is 9.59 Å². The van der Waals surface area contributed by atoms with Gasteiger partial charge in [-0.25, -0.2) is 4.68 Å². The number of amides is 2. The predicted molar refractivity (Wildman–Crippen MR) is 97.0 cm³/mol. The van der Waals surface area contributed by atoms with Gasteiger partial charge in [0.1, 0.15) is 5.75 Å². The molecule has 1 fully saturated rings. The lowest BCUT2D eigenvalue weighted by Gasteiger charge is -2.19. The number of benzene rings is 1. The summed E-state index contributed by atoms with van der Waals surface area (Å²) in [6.45, 7) is 1.13. The fraction of sp³-hybridized carbons (Fsp3) is 0.421. The van der Waals surface area contributed by atoms with E-state index in [2.05, 4.69) is 10.4 Å². The van der Waals surface area contributed by atoms with Crippen molar-refractivity contribution in [3.8, 4) is 11.4 Å². The third kappa shape index (κ3) is 4.62. The van der Waals surface area contributed by atoms with Crippen molar-refractivity contribution >= 4 is 11.8 Å². The second-order valence-electron chi connectivity index (χ2n) is 6.35. The summed E-state index contributed by atoms with van der Waals surface area (Å²) < 4.78 is 6.90. The molecule has 0 atom stereocenters. The number of likely N-dealkylation sites (tertiary alicyclic amines) is 1. The van der Waals surface area contributed by atoms with Crippen LogP contribution >= 0.6 is 0 Å². The maximum absolute atomic E-state index is 12.1. The fourth-order valence-corrected chi connectivity index (χ4v) is 2.96. The quantitative estimate of drug-likeness (QED) is 0.858. The normalized spacial score (nSPS) is 14.8. The first kappa shape index (κ1) is 18.0. The standard InChI is InChI=1S/C19H24N4O3/c1-26-17-8-6-16(7-9-17)23-12-10-15(21-23)13-20-18(24)14-22-11-4-2-3-5-19(22)25/h6-10,12H,2-5,11,13-14H2,1H3,(H,20,24). The van der Waals surface area contributed by atoms with E-state index in [-0.39, 0.29) is 18.4 Å². The highest BCUT2D eigenvalue weighted by molar-refractivity contribution is 5.84. The highest BCUT2D eigenvalue weighted by atomic mass is 16.5. The third-order valence-electron chi connectivity index (χ3n) is 4.45. The van der Waals surface area contributed by atoms with Crippen molar-refractivity contribution < 1.29 is 14.3 Å².